The van der Waals surface area contributed by atoms with Crippen molar-refractivity contribution >= 4 is 17.2 Å². The molecular weight excluding hydrogens is 292 g/mol. The molecule has 1 aromatic heterocycles. The second-order valence-corrected chi connectivity index (χ2v) is 6.87. The maximum Gasteiger partial charge on any atom is 0.237 e. The first-order valence-corrected chi connectivity index (χ1v) is 8.58. The Balaban J connectivity index is 1.99. The van der Waals surface area contributed by atoms with Crippen molar-refractivity contribution in [1.29, 1.82) is 0 Å². The van der Waals surface area contributed by atoms with E-state index in [2.05, 4.69) is 42.7 Å². The largest absolute Gasteiger partial charge is 0.332 e. The number of nitrogens with one attached hydrogen (secondary N) is 1. The average Bonchev–Trinajstić information content (AvgIpc) is 3.00. The van der Waals surface area contributed by atoms with Gasteiger partial charge in [0.15, 0.2) is 0 Å². The summed E-state index contributed by atoms with van der Waals surface area (Å²) in [6.45, 7) is 6.88. The van der Waals surface area contributed by atoms with E-state index in [0.29, 0.717) is 25.6 Å². The lowest BCUT2D eigenvalue weighted by molar-refractivity contribution is -0.131. The second-order valence-electron chi connectivity index (χ2n) is 5.84. The van der Waals surface area contributed by atoms with Crippen LogP contribution >= 0.6 is 11.3 Å². The molecule has 3 nitrogen and oxygen atoms in total. The fourth-order valence-electron chi connectivity index (χ4n) is 2.21. The van der Waals surface area contributed by atoms with E-state index in [9.17, 15) is 4.79 Å². The minimum atomic E-state index is 0.151. The Morgan fingerprint density at radius 2 is 1.91 bits per heavy atom. The molecule has 4 heteroatoms. The topological polar surface area (TPSA) is 32.3 Å². The molecule has 1 heterocycles. The third-order valence-electron chi connectivity index (χ3n) is 3.32. The van der Waals surface area contributed by atoms with Crippen molar-refractivity contribution in [1.82, 2.24) is 10.2 Å². The maximum absolute atomic E-state index is 12.5. The monoisotopic (exact) mass is 316 g/mol. The molecule has 0 radical (unpaired) electrons. The number of hydrogen-bond acceptors (Lipinski definition) is 3. The molecule has 0 saturated heterocycles. The molecule has 118 valence electrons. The van der Waals surface area contributed by atoms with Gasteiger partial charge in [0.05, 0.1) is 13.1 Å². The Bertz CT molecular complexity index is 552. The van der Waals surface area contributed by atoms with Gasteiger partial charge in [0.1, 0.15) is 0 Å². The molecule has 0 bridgehead atoms. The van der Waals surface area contributed by atoms with Gasteiger partial charge in [-0.05, 0) is 29.5 Å². The standard InChI is InChI=1S/C18H24N2OS/c1-15(2)11-19-12-18(21)20(14-17-9-6-10-22-17)13-16-7-4-3-5-8-16/h3-10,15,19H,11-14H2,1-2H3. The SMILES string of the molecule is CC(C)CNCC(=O)N(Cc1ccccc1)Cc1cccs1. The maximum atomic E-state index is 12.5. The smallest absolute Gasteiger partial charge is 0.237 e. The second kappa shape index (κ2) is 8.71. The fourth-order valence-corrected chi connectivity index (χ4v) is 2.93. The molecule has 0 saturated carbocycles. The van der Waals surface area contributed by atoms with Gasteiger partial charge in [0, 0.05) is 11.4 Å². The minimum Gasteiger partial charge on any atom is -0.332 e. The quantitative estimate of drug-likeness (QED) is 0.808. The fraction of sp³-hybridized carbons (Fsp3) is 0.389. The number of carbonyl (C=O) groups excluding carboxylic acids is 1. The minimum absolute atomic E-state index is 0.151. The summed E-state index contributed by atoms with van der Waals surface area (Å²) in [5.41, 5.74) is 1.16. The van der Waals surface area contributed by atoms with Crippen LogP contribution in [0.5, 0.6) is 0 Å². The van der Waals surface area contributed by atoms with E-state index in [1.54, 1.807) is 11.3 Å². The molecule has 0 aliphatic rings. The van der Waals surface area contributed by atoms with Crippen molar-refractivity contribution in [3.8, 4) is 0 Å². The average molecular weight is 316 g/mol. The molecule has 2 aromatic rings. The summed E-state index contributed by atoms with van der Waals surface area (Å²) in [6.07, 6.45) is 0. The highest BCUT2D eigenvalue weighted by atomic mass is 32.1. The third kappa shape index (κ3) is 5.62. The predicted molar refractivity (Wildman–Crippen MR) is 92.7 cm³/mol. The predicted octanol–water partition coefficient (Wildman–Crippen LogP) is 3.52. The Labute approximate surface area is 137 Å². The Kier molecular flexibility index (Phi) is 6.62. The van der Waals surface area contributed by atoms with E-state index >= 15 is 0 Å². The zero-order chi connectivity index (χ0) is 15.8. The van der Waals surface area contributed by atoms with Gasteiger partial charge < -0.3 is 10.2 Å². The van der Waals surface area contributed by atoms with Crippen LogP contribution < -0.4 is 5.32 Å². The summed E-state index contributed by atoms with van der Waals surface area (Å²) in [5, 5.41) is 5.30. The van der Waals surface area contributed by atoms with Gasteiger partial charge in [-0.2, -0.15) is 0 Å². The van der Waals surface area contributed by atoms with Crippen LogP contribution in [0.15, 0.2) is 47.8 Å². The molecule has 2 rings (SSSR count). The zero-order valence-corrected chi connectivity index (χ0v) is 14.1. The molecule has 0 fully saturated rings. The van der Waals surface area contributed by atoms with Crippen molar-refractivity contribution < 1.29 is 4.79 Å². The van der Waals surface area contributed by atoms with Gasteiger partial charge >= 0.3 is 0 Å². The van der Waals surface area contributed by atoms with Gasteiger partial charge in [-0.1, -0.05) is 50.2 Å². The van der Waals surface area contributed by atoms with Crippen LogP contribution in [0.2, 0.25) is 0 Å². The Morgan fingerprint density at radius 1 is 1.14 bits per heavy atom. The van der Waals surface area contributed by atoms with E-state index in [1.807, 2.05) is 29.2 Å². The van der Waals surface area contributed by atoms with Crippen molar-refractivity contribution in [2.75, 3.05) is 13.1 Å². The molecule has 1 aromatic carbocycles. The number of nitrogens with zero attached hydrogens (tertiary/aromatic N) is 1. The van der Waals surface area contributed by atoms with Crippen molar-refractivity contribution in [2.24, 2.45) is 5.92 Å². The van der Waals surface area contributed by atoms with Crippen LogP contribution in [0.1, 0.15) is 24.3 Å². The van der Waals surface area contributed by atoms with E-state index in [1.165, 1.54) is 4.88 Å². The molecule has 0 aliphatic heterocycles. The van der Waals surface area contributed by atoms with E-state index in [-0.39, 0.29) is 5.91 Å². The third-order valence-corrected chi connectivity index (χ3v) is 4.19. The number of carbonyl (C=O) groups is 1. The number of benzene rings is 1. The van der Waals surface area contributed by atoms with Crippen LogP contribution in [-0.2, 0) is 17.9 Å². The molecule has 0 aliphatic carbocycles. The molecule has 22 heavy (non-hydrogen) atoms. The summed E-state index contributed by atoms with van der Waals surface area (Å²) in [4.78, 5) is 15.7. The zero-order valence-electron chi connectivity index (χ0n) is 13.3. The molecule has 1 amide bonds. The Morgan fingerprint density at radius 3 is 2.55 bits per heavy atom. The van der Waals surface area contributed by atoms with Crippen molar-refractivity contribution in [2.45, 2.75) is 26.9 Å². The van der Waals surface area contributed by atoms with Gasteiger partial charge in [-0.25, -0.2) is 0 Å². The first-order valence-electron chi connectivity index (χ1n) is 7.70. The van der Waals surface area contributed by atoms with Gasteiger partial charge in [-0.15, -0.1) is 11.3 Å². The number of rotatable bonds is 8. The number of hydrogen-bond donors (Lipinski definition) is 1. The number of amides is 1. The highest BCUT2D eigenvalue weighted by Crippen LogP contribution is 2.14. The summed E-state index contributed by atoms with van der Waals surface area (Å²) in [7, 11) is 0. The van der Waals surface area contributed by atoms with E-state index < -0.39 is 0 Å². The van der Waals surface area contributed by atoms with Gasteiger partial charge in [0.2, 0.25) is 5.91 Å². The lowest BCUT2D eigenvalue weighted by Gasteiger charge is -2.23. The summed E-state index contributed by atoms with van der Waals surface area (Å²) in [5.74, 6) is 0.700. The molecule has 0 spiro atoms. The highest BCUT2D eigenvalue weighted by molar-refractivity contribution is 7.09. The lowest BCUT2D eigenvalue weighted by atomic mass is 10.2. The van der Waals surface area contributed by atoms with Crippen LogP contribution in [0, 0.1) is 5.92 Å². The van der Waals surface area contributed by atoms with Crippen LogP contribution in [0.4, 0.5) is 0 Å². The Hall–Kier alpha value is -1.65. The summed E-state index contributed by atoms with van der Waals surface area (Å²) < 4.78 is 0. The highest BCUT2D eigenvalue weighted by Gasteiger charge is 2.15. The van der Waals surface area contributed by atoms with Crippen LogP contribution in [-0.4, -0.2) is 23.9 Å². The van der Waals surface area contributed by atoms with Crippen molar-refractivity contribution in [3.05, 3.63) is 58.3 Å². The van der Waals surface area contributed by atoms with Gasteiger partial charge in [0.25, 0.3) is 0 Å². The molecular formula is C18H24N2OS. The van der Waals surface area contributed by atoms with E-state index in [4.69, 9.17) is 0 Å². The summed E-state index contributed by atoms with van der Waals surface area (Å²) >= 11 is 1.69. The molecule has 1 N–H and O–H groups in total. The van der Waals surface area contributed by atoms with E-state index in [0.717, 1.165) is 12.1 Å². The molecule has 0 atom stereocenters. The first kappa shape index (κ1) is 16.7. The normalized spacial score (nSPS) is 10.9. The van der Waals surface area contributed by atoms with Crippen LogP contribution in [0.25, 0.3) is 0 Å². The summed E-state index contributed by atoms with van der Waals surface area (Å²) in [6, 6.07) is 14.3. The van der Waals surface area contributed by atoms with Gasteiger partial charge in [-0.3, -0.25) is 4.79 Å². The molecule has 0 unspecified atom stereocenters. The van der Waals surface area contributed by atoms with Crippen molar-refractivity contribution in [3.63, 3.8) is 0 Å². The van der Waals surface area contributed by atoms with Crippen LogP contribution in [0.3, 0.4) is 0 Å². The first-order chi connectivity index (χ1) is 10.6. The number of thiophene rings is 1. The lowest BCUT2D eigenvalue weighted by Crippen LogP contribution is -2.38.